The molecular formula is C13H16ClNO3. The molecule has 1 aliphatic carbocycles. The molecule has 1 saturated carbocycles. The topological polar surface area (TPSA) is 52.4 Å². The normalized spacial score (nSPS) is 15.4. The Labute approximate surface area is 111 Å². The highest BCUT2D eigenvalue weighted by molar-refractivity contribution is 6.32. The number of rotatable bonds is 6. The number of nitrogens with zero attached hydrogens (tertiary/aromatic N) is 1. The smallest absolute Gasteiger partial charge is 0.288 e. The van der Waals surface area contributed by atoms with Crippen LogP contribution in [0.5, 0.6) is 0 Å². The quantitative estimate of drug-likeness (QED) is 0.446. The highest BCUT2D eigenvalue weighted by atomic mass is 35.5. The van der Waals surface area contributed by atoms with Gasteiger partial charge in [0.2, 0.25) is 0 Å². The fourth-order valence-electron chi connectivity index (χ4n) is 2.01. The maximum atomic E-state index is 10.7. The standard InChI is InChI=1S/C13H16ClNO3/c14-12-5-4-11(8-13(12)15(16)17)9-18-7-6-10-2-1-3-10/h4-5,8,10H,1-3,6-7,9H2. The Kier molecular flexibility index (Phi) is 4.55. The lowest BCUT2D eigenvalue weighted by atomic mass is 9.83. The Balaban J connectivity index is 1.81. The van der Waals surface area contributed by atoms with Gasteiger partial charge in [-0.15, -0.1) is 0 Å². The van der Waals surface area contributed by atoms with Gasteiger partial charge in [-0.1, -0.05) is 36.9 Å². The first-order valence-electron chi connectivity index (χ1n) is 6.17. The average molecular weight is 270 g/mol. The molecule has 0 spiro atoms. The first kappa shape index (κ1) is 13.3. The zero-order valence-corrected chi connectivity index (χ0v) is 10.9. The molecule has 0 N–H and O–H groups in total. The van der Waals surface area contributed by atoms with Crippen LogP contribution < -0.4 is 0 Å². The van der Waals surface area contributed by atoms with E-state index in [2.05, 4.69) is 0 Å². The second kappa shape index (κ2) is 6.16. The van der Waals surface area contributed by atoms with Crippen molar-refractivity contribution in [3.8, 4) is 0 Å². The summed E-state index contributed by atoms with van der Waals surface area (Å²) in [7, 11) is 0. The van der Waals surface area contributed by atoms with Gasteiger partial charge in [0.1, 0.15) is 5.02 Å². The van der Waals surface area contributed by atoms with E-state index in [0.717, 1.165) is 24.5 Å². The molecule has 0 saturated heterocycles. The molecule has 98 valence electrons. The van der Waals surface area contributed by atoms with Crippen LogP contribution in [0.25, 0.3) is 0 Å². The van der Waals surface area contributed by atoms with E-state index in [1.807, 2.05) is 0 Å². The fraction of sp³-hybridized carbons (Fsp3) is 0.538. The molecule has 0 heterocycles. The maximum Gasteiger partial charge on any atom is 0.288 e. The van der Waals surface area contributed by atoms with Gasteiger partial charge in [0.05, 0.1) is 11.5 Å². The van der Waals surface area contributed by atoms with E-state index in [0.29, 0.717) is 6.61 Å². The van der Waals surface area contributed by atoms with Gasteiger partial charge >= 0.3 is 0 Å². The Morgan fingerprint density at radius 2 is 2.22 bits per heavy atom. The lowest BCUT2D eigenvalue weighted by Gasteiger charge is -2.24. The van der Waals surface area contributed by atoms with E-state index in [9.17, 15) is 10.1 Å². The summed E-state index contributed by atoms with van der Waals surface area (Å²) in [6.45, 7) is 1.13. The summed E-state index contributed by atoms with van der Waals surface area (Å²) in [6.07, 6.45) is 5.06. The maximum absolute atomic E-state index is 10.7. The molecule has 0 bridgehead atoms. The number of nitro groups is 1. The van der Waals surface area contributed by atoms with Crippen molar-refractivity contribution in [2.75, 3.05) is 6.61 Å². The number of benzene rings is 1. The van der Waals surface area contributed by atoms with Crippen molar-refractivity contribution >= 4 is 17.3 Å². The van der Waals surface area contributed by atoms with Crippen LogP contribution in [0.15, 0.2) is 18.2 Å². The van der Waals surface area contributed by atoms with Gasteiger partial charge in [-0.2, -0.15) is 0 Å². The van der Waals surface area contributed by atoms with Crippen molar-refractivity contribution in [1.29, 1.82) is 0 Å². The number of nitro benzene ring substituents is 1. The van der Waals surface area contributed by atoms with Gasteiger partial charge in [0.15, 0.2) is 0 Å². The summed E-state index contributed by atoms with van der Waals surface area (Å²) in [5.74, 6) is 0.824. The van der Waals surface area contributed by atoms with Crippen molar-refractivity contribution in [1.82, 2.24) is 0 Å². The zero-order valence-electron chi connectivity index (χ0n) is 10.1. The summed E-state index contributed by atoms with van der Waals surface area (Å²) in [5, 5.41) is 10.9. The fourth-order valence-corrected chi connectivity index (χ4v) is 2.20. The Hall–Kier alpha value is -1.13. The van der Waals surface area contributed by atoms with Crippen LogP contribution in [0.3, 0.4) is 0 Å². The SMILES string of the molecule is O=[N+]([O-])c1cc(COCCC2CCC2)ccc1Cl. The first-order chi connectivity index (χ1) is 8.66. The molecule has 2 rings (SSSR count). The van der Waals surface area contributed by atoms with E-state index < -0.39 is 4.92 Å². The number of hydrogen-bond donors (Lipinski definition) is 0. The van der Waals surface area contributed by atoms with Crippen LogP contribution in [0, 0.1) is 16.0 Å². The minimum Gasteiger partial charge on any atom is -0.377 e. The summed E-state index contributed by atoms with van der Waals surface area (Å²) in [6, 6.07) is 4.79. The van der Waals surface area contributed by atoms with Gasteiger partial charge in [0.25, 0.3) is 5.69 Å². The average Bonchev–Trinajstić information content (AvgIpc) is 2.28. The minimum atomic E-state index is -0.472. The molecule has 18 heavy (non-hydrogen) atoms. The highest BCUT2D eigenvalue weighted by Gasteiger charge is 2.17. The third-order valence-corrected chi connectivity index (χ3v) is 3.69. The van der Waals surface area contributed by atoms with Crippen molar-refractivity contribution in [3.05, 3.63) is 38.9 Å². The molecule has 0 aromatic heterocycles. The van der Waals surface area contributed by atoms with Crippen LogP contribution >= 0.6 is 11.6 Å². The zero-order chi connectivity index (χ0) is 13.0. The van der Waals surface area contributed by atoms with Gasteiger partial charge in [-0.3, -0.25) is 10.1 Å². The Morgan fingerprint density at radius 1 is 1.44 bits per heavy atom. The highest BCUT2D eigenvalue weighted by Crippen LogP contribution is 2.29. The third-order valence-electron chi connectivity index (χ3n) is 3.37. The van der Waals surface area contributed by atoms with Crippen LogP contribution in [0.2, 0.25) is 5.02 Å². The van der Waals surface area contributed by atoms with Crippen molar-refractivity contribution in [2.45, 2.75) is 32.3 Å². The molecule has 5 heteroatoms. The molecule has 4 nitrogen and oxygen atoms in total. The van der Waals surface area contributed by atoms with Crippen molar-refractivity contribution in [2.24, 2.45) is 5.92 Å². The molecule has 1 aliphatic rings. The van der Waals surface area contributed by atoms with E-state index in [1.165, 1.54) is 25.3 Å². The number of halogens is 1. The predicted octanol–water partition coefficient (Wildman–Crippen LogP) is 3.96. The monoisotopic (exact) mass is 269 g/mol. The molecule has 0 unspecified atom stereocenters. The lowest BCUT2D eigenvalue weighted by Crippen LogP contribution is -2.13. The third kappa shape index (κ3) is 3.43. The number of ether oxygens (including phenoxy) is 1. The summed E-state index contributed by atoms with van der Waals surface area (Å²) in [4.78, 5) is 10.2. The van der Waals surface area contributed by atoms with Gasteiger partial charge in [-0.05, 0) is 24.0 Å². The predicted molar refractivity (Wildman–Crippen MR) is 69.7 cm³/mol. The molecule has 0 amide bonds. The molecule has 0 aliphatic heterocycles. The van der Waals surface area contributed by atoms with E-state index >= 15 is 0 Å². The van der Waals surface area contributed by atoms with Crippen molar-refractivity contribution in [3.63, 3.8) is 0 Å². The van der Waals surface area contributed by atoms with Gasteiger partial charge in [0, 0.05) is 12.7 Å². The molecule has 0 atom stereocenters. The van der Waals surface area contributed by atoms with Crippen LogP contribution in [0.1, 0.15) is 31.2 Å². The largest absolute Gasteiger partial charge is 0.377 e. The summed E-state index contributed by atoms with van der Waals surface area (Å²) >= 11 is 5.74. The summed E-state index contributed by atoms with van der Waals surface area (Å²) < 4.78 is 5.53. The van der Waals surface area contributed by atoms with E-state index in [1.54, 1.807) is 12.1 Å². The second-order valence-electron chi connectivity index (χ2n) is 4.68. The van der Waals surface area contributed by atoms with E-state index in [-0.39, 0.29) is 10.7 Å². The van der Waals surface area contributed by atoms with Crippen LogP contribution in [-0.4, -0.2) is 11.5 Å². The molecule has 1 aromatic rings. The van der Waals surface area contributed by atoms with Crippen LogP contribution in [0.4, 0.5) is 5.69 Å². The van der Waals surface area contributed by atoms with Crippen LogP contribution in [-0.2, 0) is 11.3 Å². The second-order valence-corrected chi connectivity index (χ2v) is 5.09. The summed E-state index contributed by atoms with van der Waals surface area (Å²) in [5.41, 5.74) is 0.733. The molecular weight excluding hydrogens is 254 g/mol. The minimum absolute atomic E-state index is 0.0586. The van der Waals surface area contributed by atoms with Gasteiger partial charge < -0.3 is 4.74 Å². The molecule has 0 radical (unpaired) electrons. The number of hydrogen-bond acceptors (Lipinski definition) is 3. The lowest BCUT2D eigenvalue weighted by molar-refractivity contribution is -0.384. The Bertz CT molecular complexity index is 432. The first-order valence-corrected chi connectivity index (χ1v) is 6.55. The van der Waals surface area contributed by atoms with Gasteiger partial charge in [-0.25, -0.2) is 0 Å². The molecule has 1 fully saturated rings. The molecule has 1 aromatic carbocycles. The van der Waals surface area contributed by atoms with E-state index in [4.69, 9.17) is 16.3 Å². The Morgan fingerprint density at radius 3 is 2.83 bits per heavy atom. The van der Waals surface area contributed by atoms with Crippen molar-refractivity contribution < 1.29 is 9.66 Å².